The van der Waals surface area contributed by atoms with Gasteiger partial charge in [0.2, 0.25) is 5.91 Å². The lowest BCUT2D eigenvalue weighted by atomic mass is 9.98. The second-order valence-corrected chi connectivity index (χ2v) is 6.26. The van der Waals surface area contributed by atoms with Crippen LogP contribution >= 0.6 is 0 Å². The first-order valence-electron chi connectivity index (χ1n) is 8.03. The third kappa shape index (κ3) is 4.74. The van der Waals surface area contributed by atoms with E-state index in [2.05, 4.69) is 0 Å². The fourth-order valence-electron chi connectivity index (χ4n) is 2.83. The molecule has 1 aliphatic rings. The molecule has 1 unspecified atom stereocenters. The van der Waals surface area contributed by atoms with Gasteiger partial charge >= 0.3 is 12.1 Å². The van der Waals surface area contributed by atoms with E-state index in [1.165, 1.54) is 18.0 Å². The number of likely N-dealkylation sites (N-methyl/N-ethyl adjacent to an activating group) is 1. The van der Waals surface area contributed by atoms with Gasteiger partial charge in [-0.1, -0.05) is 6.07 Å². The van der Waals surface area contributed by atoms with Crippen LogP contribution in [0.4, 0.5) is 13.2 Å². The molecular weight excluding hydrogens is 353 g/mol. The Labute approximate surface area is 148 Å². The number of nitrogens with zero attached hydrogens (tertiary/aromatic N) is 2. The Balaban J connectivity index is 2.03. The third-order valence-corrected chi connectivity index (χ3v) is 4.28. The number of benzene rings is 1. The number of hydrogen-bond acceptors (Lipinski definition) is 3. The van der Waals surface area contributed by atoms with Crippen LogP contribution in [-0.4, -0.2) is 59.4 Å². The van der Waals surface area contributed by atoms with E-state index in [0.29, 0.717) is 19.4 Å². The molecule has 1 fully saturated rings. The topological polar surface area (TPSA) is 77.9 Å². The highest BCUT2D eigenvalue weighted by Crippen LogP contribution is 2.29. The molecule has 2 amide bonds. The number of carbonyl (C=O) groups is 3. The standard InChI is InChI=1S/C17H19F3N2O4/c1-21(10-14(23)22-7-3-5-12(9-22)16(25)26)15(24)11-4-2-6-13(8-11)17(18,19)20/h2,4,6,8,12H,3,5,7,9-10H2,1H3,(H,25,26). The van der Waals surface area contributed by atoms with Crippen LogP contribution in [0.15, 0.2) is 24.3 Å². The van der Waals surface area contributed by atoms with Crippen LogP contribution in [0.1, 0.15) is 28.8 Å². The van der Waals surface area contributed by atoms with Crippen LogP contribution in [0, 0.1) is 5.92 Å². The number of alkyl halides is 3. The smallest absolute Gasteiger partial charge is 0.416 e. The predicted molar refractivity (Wildman–Crippen MR) is 85.3 cm³/mol. The molecule has 1 saturated heterocycles. The maximum absolute atomic E-state index is 12.8. The number of carbonyl (C=O) groups excluding carboxylic acids is 2. The number of amides is 2. The van der Waals surface area contributed by atoms with E-state index in [1.54, 1.807) is 0 Å². The Morgan fingerprint density at radius 2 is 2.00 bits per heavy atom. The summed E-state index contributed by atoms with van der Waals surface area (Å²) in [6, 6.07) is 3.99. The second kappa shape index (κ2) is 7.76. The molecule has 0 bridgehead atoms. The highest BCUT2D eigenvalue weighted by molar-refractivity contribution is 5.96. The number of aliphatic carboxylic acids is 1. The van der Waals surface area contributed by atoms with Gasteiger partial charge in [0.1, 0.15) is 0 Å². The number of carboxylic acids is 1. The fourth-order valence-corrected chi connectivity index (χ4v) is 2.83. The Bertz CT molecular complexity index is 705. The van der Waals surface area contributed by atoms with Gasteiger partial charge < -0.3 is 14.9 Å². The molecule has 0 spiro atoms. The Kier molecular flexibility index (Phi) is 5.89. The molecule has 0 saturated carbocycles. The average molecular weight is 372 g/mol. The molecule has 1 N–H and O–H groups in total. The predicted octanol–water partition coefficient (Wildman–Crippen LogP) is 2.10. The van der Waals surface area contributed by atoms with Gasteiger partial charge in [-0.3, -0.25) is 14.4 Å². The molecule has 0 radical (unpaired) electrons. The SMILES string of the molecule is CN(CC(=O)N1CCCC(C(=O)O)C1)C(=O)c1cccc(C(F)(F)F)c1. The summed E-state index contributed by atoms with van der Waals surface area (Å²) in [6.45, 7) is 0.134. The summed E-state index contributed by atoms with van der Waals surface area (Å²) in [5.41, 5.74) is -1.11. The zero-order valence-corrected chi connectivity index (χ0v) is 14.1. The molecular formula is C17H19F3N2O4. The van der Waals surface area contributed by atoms with Gasteiger partial charge in [-0.15, -0.1) is 0 Å². The monoisotopic (exact) mass is 372 g/mol. The summed E-state index contributed by atoms with van der Waals surface area (Å²) in [7, 11) is 1.32. The molecule has 1 atom stereocenters. The van der Waals surface area contributed by atoms with Crippen molar-refractivity contribution >= 4 is 17.8 Å². The van der Waals surface area contributed by atoms with Crippen molar-refractivity contribution in [2.75, 3.05) is 26.7 Å². The molecule has 1 aromatic carbocycles. The number of hydrogen-bond donors (Lipinski definition) is 1. The fraction of sp³-hybridized carbons (Fsp3) is 0.471. The van der Waals surface area contributed by atoms with Crippen molar-refractivity contribution in [3.8, 4) is 0 Å². The minimum Gasteiger partial charge on any atom is -0.481 e. The van der Waals surface area contributed by atoms with Crippen LogP contribution in [0.2, 0.25) is 0 Å². The lowest BCUT2D eigenvalue weighted by molar-refractivity contribution is -0.146. The molecule has 9 heteroatoms. The van der Waals surface area contributed by atoms with Gasteiger partial charge in [0.05, 0.1) is 18.0 Å². The molecule has 1 aromatic rings. The summed E-state index contributed by atoms with van der Waals surface area (Å²) in [4.78, 5) is 38.1. The first-order valence-corrected chi connectivity index (χ1v) is 8.03. The zero-order chi connectivity index (χ0) is 19.5. The van der Waals surface area contributed by atoms with E-state index in [4.69, 9.17) is 5.11 Å². The Hall–Kier alpha value is -2.58. The number of piperidine rings is 1. The van der Waals surface area contributed by atoms with Gasteiger partial charge in [-0.25, -0.2) is 0 Å². The summed E-state index contributed by atoms with van der Waals surface area (Å²) >= 11 is 0. The first kappa shape index (κ1) is 19.7. The van der Waals surface area contributed by atoms with E-state index in [-0.39, 0.29) is 18.7 Å². The molecule has 0 aliphatic carbocycles. The summed E-state index contributed by atoms with van der Waals surface area (Å²) in [6.07, 6.45) is -3.53. The molecule has 0 aromatic heterocycles. The van der Waals surface area contributed by atoms with Crippen molar-refractivity contribution in [2.45, 2.75) is 19.0 Å². The van der Waals surface area contributed by atoms with Crippen LogP contribution in [0.25, 0.3) is 0 Å². The van der Waals surface area contributed by atoms with E-state index < -0.39 is 35.4 Å². The Morgan fingerprint density at radius 1 is 1.31 bits per heavy atom. The molecule has 26 heavy (non-hydrogen) atoms. The van der Waals surface area contributed by atoms with Crippen molar-refractivity contribution in [1.82, 2.24) is 9.80 Å². The molecule has 6 nitrogen and oxygen atoms in total. The highest BCUT2D eigenvalue weighted by Gasteiger charge is 2.32. The normalized spacial score (nSPS) is 17.7. The second-order valence-electron chi connectivity index (χ2n) is 6.26. The third-order valence-electron chi connectivity index (χ3n) is 4.28. The highest BCUT2D eigenvalue weighted by atomic mass is 19.4. The van der Waals surface area contributed by atoms with E-state index in [1.807, 2.05) is 0 Å². The van der Waals surface area contributed by atoms with Crippen LogP contribution in [0.5, 0.6) is 0 Å². The Morgan fingerprint density at radius 3 is 2.62 bits per heavy atom. The quantitative estimate of drug-likeness (QED) is 0.878. The van der Waals surface area contributed by atoms with E-state index in [0.717, 1.165) is 23.1 Å². The summed E-state index contributed by atoms with van der Waals surface area (Å²) in [5.74, 6) is -2.76. The van der Waals surface area contributed by atoms with Crippen molar-refractivity contribution in [3.05, 3.63) is 35.4 Å². The van der Waals surface area contributed by atoms with Crippen LogP contribution in [0.3, 0.4) is 0 Å². The van der Waals surface area contributed by atoms with Gasteiger partial charge in [0.25, 0.3) is 5.91 Å². The first-order chi connectivity index (χ1) is 12.1. The molecule has 1 aliphatic heterocycles. The molecule has 1 heterocycles. The van der Waals surface area contributed by atoms with Gasteiger partial charge in [0, 0.05) is 25.7 Å². The van der Waals surface area contributed by atoms with Crippen molar-refractivity contribution < 1.29 is 32.7 Å². The minimum absolute atomic E-state index is 0.0692. The number of likely N-dealkylation sites (tertiary alicyclic amines) is 1. The average Bonchev–Trinajstić information content (AvgIpc) is 2.60. The van der Waals surface area contributed by atoms with Gasteiger partial charge in [-0.05, 0) is 31.0 Å². The number of halogens is 3. The van der Waals surface area contributed by atoms with Crippen LogP contribution in [-0.2, 0) is 15.8 Å². The van der Waals surface area contributed by atoms with Crippen molar-refractivity contribution in [2.24, 2.45) is 5.92 Å². The number of carboxylic acid groups (broad SMARTS) is 1. The van der Waals surface area contributed by atoms with Crippen molar-refractivity contribution in [1.29, 1.82) is 0 Å². The molecule has 2 rings (SSSR count). The van der Waals surface area contributed by atoms with E-state index in [9.17, 15) is 27.6 Å². The lowest BCUT2D eigenvalue weighted by Gasteiger charge is -2.32. The van der Waals surface area contributed by atoms with Crippen molar-refractivity contribution in [3.63, 3.8) is 0 Å². The van der Waals surface area contributed by atoms with Crippen LogP contribution < -0.4 is 0 Å². The number of rotatable bonds is 4. The summed E-state index contributed by atoms with van der Waals surface area (Å²) < 4.78 is 38.3. The zero-order valence-electron chi connectivity index (χ0n) is 14.1. The molecule has 142 valence electrons. The maximum Gasteiger partial charge on any atom is 0.416 e. The summed E-state index contributed by atoms with van der Waals surface area (Å²) in [5, 5.41) is 9.05. The largest absolute Gasteiger partial charge is 0.481 e. The maximum atomic E-state index is 12.8. The lowest BCUT2D eigenvalue weighted by Crippen LogP contribution is -2.46. The minimum atomic E-state index is -4.57. The van der Waals surface area contributed by atoms with E-state index >= 15 is 0 Å². The van der Waals surface area contributed by atoms with Gasteiger partial charge in [-0.2, -0.15) is 13.2 Å². The van der Waals surface area contributed by atoms with Gasteiger partial charge in [0.15, 0.2) is 0 Å².